The van der Waals surface area contributed by atoms with Crippen LogP contribution >= 0.6 is 0 Å². The van der Waals surface area contributed by atoms with Gasteiger partial charge in [0.15, 0.2) is 0 Å². The second-order valence-electron chi connectivity index (χ2n) is 5.58. The van der Waals surface area contributed by atoms with Crippen molar-refractivity contribution in [1.82, 2.24) is 15.1 Å². The molecule has 2 fully saturated rings. The summed E-state index contributed by atoms with van der Waals surface area (Å²) in [6, 6.07) is 2.15. The number of piperidine rings is 1. The summed E-state index contributed by atoms with van der Waals surface area (Å²) in [6.45, 7) is 3.86. The van der Waals surface area contributed by atoms with E-state index >= 15 is 0 Å². The first-order valence-electron chi connectivity index (χ1n) is 7.38. The fourth-order valence-corrected chi connectivity index (χ4v) is 3.01. The van der Waals surface area contributed by atoms with Gasteiger partial charge in [-0.15, -0.1) is 0 Å². The van der Waals surface area contributed by atoms with Crippen molar-refractivity contribution in [1.29, 1.82) is 0 Å². The van der Waals surface area contributed by atoms with E-state index in [0.29, 0.717) is 12.6 Å². The van der Waals surface area contributed by atoms with E-state index in [1.165, 1.54) is 25.7 Å². The van der Waals surface area contributed by atoms with E-state index in [4.69, 9.17) is 0 Å². The summed E-state index contributed by atoms with van der Waals surface area (Å²) in [5.41, 5.74) is 1.01. The second kappa shape index (κ2) is 5.74. The Hall–Kier alpha value is -1.36. The molecule has 0 amide bonds. The standard InChI is InChI=1S/C14H22N4O/c19-14-9-13(17-7-2-1-3-8-17)10-16-18(14)11-12-5-4-6-15-12/h9-10,12,15H,1-8,11H2/t12-/m1/s1. The summed E-state index contributed by atoms with van der Waals surface area (Å²) in [4.78, 5) is 14.4. The molecule has 1 aromatic rings. The molecule has 0 spiro atoms. The largest absolute Gasteiger partial charge is 0.370 e. The number of rotatable bonds is 3. The van der Waals surface area contributed by atoms with Gasteiger partial charge in [0, 0.05) is 25.2 Å². The molecule has 1 atom stereocenters. The Morgan fingerprint density at radius 1 is 1.26 bits per heavy atom. The molecule has 0 radical (unpaired) electrons. The molecular weight excluding hydrogens is 240 g/mol. The molecule has 0 aromatic carbocycles. The lowest BCUT2D eigenvalue weighted by molar-refractivity contribution is 0.458. The molecule has 0 bridgehead atoms. The van der Waals surface area contributed by atoms with Crippen LogP contribution < -0.4 is 15.8 Å². The van der Waals surface area contributed by atoms with Crippen molar-refractivity contribution in [2.24, 2.45) is 0 Å². The smallest absolute Gasteiger partial charge is 0.268 e. The first-order valence-corrected chi connectivity index (χ1v) is 7.38. The van der Waals surface area contributed by atoms with Gasteiger partial charge in [-0.2, -0.15) is 5.10 Å². The average molecular weight is 262 g/mol. The molecule has 0 unspecified atom stereocenters. The lowest BCUT2D eigenvalue weighted by Gasteiger charge is -2.28. The lowest BCUT2D eigenvalue weighted by atomic mass is 10.1. The van der Waals surface area contributed by atoms with Crippen molar-refractivity contribution in [3.63, 3.8) is 0 Å². The Morgan fingerprint density at radius 3 is 2.79 bits per heavy atom. The van der Waals surface area contributed by atoms with Gasteiger partial charge in [-0.05, 0) is 38.6 Å². The van der Waals surface area contributed by atoms with Crippen LogP contribution in [0.25, 0.3) is 0 Å². The maximum atomic E-state index is 12.1. The van der Waals surface area contributed by atoms with Crippen molar-refractivity contribution >= 4 is 5.69 Å². The van der Waals surface area contributed by atoms with Crippen LogP contribution in [0.1, 0.15) is 32.1 Å². The highest BCUT2D eigenvalue weighted by Gasteiger charge is 2.17. The fourth-order valence-electron chi connectivity index (χ4n) is 3.01. The van der Waals surface area contributed by atoms with Crippen LogP contribution in [-0.2, 0) is 6.54 Å². The topological polar surface area (TPSA) is 50.2 Å². The molecule has 1 N–H and O–H groups in total. The van der Waals surface area contributed by atoms with E-state index in [-0.39, 0.29) is 5.56 Å². The summed E-state index contributed by atoms with van der Waals surface area (Å²) >= 11 is 0. The zero-order valence-corrected chi connectivity index (χ0v) is 11.3. The van der Waals surface area contributed by atoms with Gasteiger partial charge in [0.1, 0.15) is 0 Å². The van der Waals surface area contributed by atoms with E-state index in [2.05, 4.69) is 15.3 Å². The summed E-state index contributed by atoms with van der Waals surface area (Å²) < 4.78 is 1.59. The van der Waals surface area contributed by atoms with Crippen molar-refractivity contribution in [2.45, 2.75) is 44.7 Å². The molecule has 0 saturated carbocycles. The predicted molar refractivity (Wildman–Crippen MR) is 75.6 cm³/mol. The number of nitrogens with one attached hydrogen (secondary N) is 1. The molecule has 2 aliphatic heterocycles. The maximum Gasteiger partial charge on any atom is 0.268 e. The van der Waals surface area contributed by atoms with Crippen molar-refractivity contribution in [2.75, 3.05) is 24.5 Å². The highest BCUT2D eigenvalue weighted by molar-refractivity contribution is 5.43. The molecule has 2 saturated heterocycles. The van der Waals surface area contributed by atoms with Gasteiger partial charge < -0.3 is 10.2 Å². The number of nitrogens with zero attached hydrogens (tertiary/aromatic N) is 3. The van der Waals surface area contributed by atoms with Crippen LogP contribution in [0, 0.1) is 0 Å². The van der Waals surface area contributed by atoms with Crippen LogP contribution in [0.2, 0.25) is 0 Å². The number of aromatic nitrogens is 2. The third-order valence-electron chi connectivity index (χ3n) is 4.13. The van der Waals surface area contributed by atoms with E-state index in [1.807, 2.05) is 6.20 Å². The summed E-state index contributed by atoms with van der Waals surface area (Å²) in [7, 11) is 0. The van der Waals surface area contributed by atoms with Gasteiger partial charge in [-0.1, -0.05) is 0 Å². The second-order valence-corrected chi connectivity index (χ2v) is 5.58. The molecule has 104 valence electrons. The van der Waals surface area contributed by atoms with Crippen molar-refractivity contribution in [3.8, 4) is 0 Å². The highest BCUT2D eigenvalue weighted by atomic mass is 16.1. The third kappa shape index (κ3) is 2.97. The molecule has 1 aromatic heterocycles. The van der Waals surface area contributed by atoms with Gasteiger partial charge >= 0.3 is 0 Å². The minimum atomic E-state index is 0.0248. The molecule has 0 aliphatic carbocycles. The number of hydrogen-bond acceptors (Lipinski definition) is 4. The number of anilines is 1. The quantitative estimate of drug-likeness (QED) is 0.882. The van der Waals surface area contributed by atoms with Gasteiger partial charge in [0.05, 0.1) is 18.4 Å². The molecule has 3 rings (SSSR count). The Kier molecular flexibility index (Phi) is 3.82. The Balaban J connectivity index is 1.71. The minimum Gasteiger partial charge on any atom is -0.370 e. The van der Waals surface area contributed by atoms with Gasteiger partial charge in [-0.3, -0.25) is 4.79 Å². The van der Waals surface area contributed by atoms with E-state index in [1.54, 1.807) is 10.7 Å². The zero-order chi connectivity index (χ0) is 13.1. The Labute approximate surface area is 113 Å². The van der Waals surface area contributed by atoms with Crippen LogP contribution in [0.5, 0.6) is 0 Å². The molecule has 2 aliphatic rings. The highest BCUT2D eigenvalue weighted by Crippen LogP contribution is 2.17. The molecule has 19 heavy (non-hydrogen) atoms. The first kappa shape index (κ1) is 12.7. The zero-order valence-electron chi connectivity index (χ0n) is 11.3. The number of hydrogen-bond donors (Lipinski definition) is 1. The van der Waals surface area contributed by atoms with E-state index < -0.39 is 0 Å². The van der Waals surface area contributed by atoms with Crippen molar-refractivity contribution in [3.05, 3.63) is 22.6 Å². The average Bonchev–Trinajstić information content (AvgIpc) is 2.95. The van der Waals surface area contributed by atoms with E-state index in [0.717, 1.165) is 31.7 Å². The monoisotopic (exact) mass is 262 g/mol. The van der Waals surface area contributed by atoms with Crippen LogP contribution in [-0.4, -0.2) is 35.5 Å². The maximum absolute atomic E-state index is 12.1. The summed E-state index contributed by atoms with van der Waals surface area (Å²) in [5.74, 6) is 0. The fraction of sp³-hybridized carbons (Fsp3) is 0.714. The molecular formula is C14H22N4O. The molecule has 3 heterocycles. The Morgan fingerprint density at radius 2 is 2.11 bits per heavy atom. The summed E-state index contributed by atoms with van der Waals surface area (Å²) in [5, 5.41) is 7.74. The normalized spacial score (nSPS) is 23.8. The molecule has 5 heteroatoms. The SMILES string of the molecule is O=c1cc(N2CCCCC2)cnn1C[C@H]1CCCN1. The summed E-state index contributed by atoms with van der Waals surface area (Å²) in [6.07, 6.45) is 7.92. The van der Waals surface area contributed by atoms with Gasteiger partial charge in [0.2, 0.25) is 0 Å². The van der Waals surface area contributed by atoms with Crippen molar-refractivity contribution < 1.29 is 0 Å². The van der Waals surface area contributed by atoms with Crippen LogP contribution in [0.15, 0.2) is 17.1 Å². The minimum absolute atomic E-state index is 0.0248. The third-order valence-corrected chi connectivity index (χ3v) is 4.13. The van der Waals surface area contributed by atoms with E-state index in [9.17, 15) is 4.79 Å². The molecule has 5 nitrogen and oxygen atoms in total. The first-order chi connectivity index (χ1) is 9.33. The Bertz CT molecular complexity index is 473. The van der Waals surface area contributed by atoms with Crippen LogP contribution in [0.4, 0.5) is 5.69 Å². The van der Waals surface area contributed by atoms with Crippen LogP contribution in [0.3, 0.4) is 0 Å². The lowest BCUT2D eigenvalue weighted by Crippen LogP contribution is -2.35. The van der Waals surface area contributed by atoms with Gasteiger partial charge in [-0.25, -0.2) is 4.68 Å². The predicted octanol–water partition coefficient (Wildman–Crippen LogP) is 0.986. The van der Waals surface area contributed by atoms with Gasteiger partial charge in [0.25, 0.3) is 5.56 Å².